The molecule has 0 atom stereocenters. The average molecular weight is 433 g/mol. The summed E-state index contributed by atoms with van der Waals surface area (Å²) in [5.74, 6) is 0. The summed E-state index contributed by atoms with van der Waals surface area (Å²) in [6, 6.07) is 21.4. The van der Waals surface area contributed by atoms with Crippen LogP contribution in [0.15, 0.2) is 73.1 Å². The van der Waals surface area contributed by atoms with E-state index in [9.17, 15) is 0 Å². The molecule has 1 saturated carbocycles. The minimum absolute atomic E-state index is 0.387. The zero-order valence-electron chi connectivity index (χ0n) is 19.3. The monoisotopic (exact) mass is 432 g/mol. The predicted octanol–water partition coefficient (Wildman–Crippen LogP) is 7.17. The summed E-state index contributed by atoms with van der Waals surface area (Å²) in [7, 11) is 0. The number of fused-ring (bicyclic) bond motifs is 2. The molecule has 3 heterocycles. The maximum absolute atomic E-state index is 6.51. The van der Waals surface area contributed by atoms with Gasteiger partial charge in [-0.05, 0) is 48.4 Å². The van der Waals surface area contributed by atoms with Gasteiger partial charge in [-0.25, -0.2) is 9.97 Å². The number of aromatic nitrogens is 3. The Balaban J connectivity index is 1.55. The third-order valence-corrected chi connectivity index (χ3v) is 7.19. The van der Waals surface area contributed by atoms with Gasteiger partial charge in [-0.1, -0.05) is 62.4 Å². The quantitative estimate of drug-likeness (QED) is 0.329. The molecule has 33 heavy (non-hydrogen) atoms. The van der Waals surface area contributed by atoms with E-state index in [0.717, 1.165) is 57.3 Å². The molecule has 1 aliphatic carbocycles. The van der Waals surface area contributed by atoms with Gasteiger partial charge in [0.05, 0.1) is 11.2 Å². The van der Waals surface area contributed by atoms with Crippen molar-refractivity contribution in [2.24, 2.45) is 5.41 Å². The van der Waals surface area contributed by atoms with Gasteiger partial charge in [-0.3, -0.25) is 0 Å². The Morgan fingerprint density at radius 2 is 1.70 bits per heavy atom. The fourth-order valence-corrected chi connectivity index (χ4v) is 5.49. The molecule has 164 valence electrons. The van der Waals surface area contributed by atoms with Gasteiger partial charge in [0.25, 0.3) is 0 Å². The number of rotatable bonds is 3. The lowest BCUT2D eigenvalue weighted by atomic mass is 9.68. The summed E-state index contributed by atoms with van der Waals surface area (Å²) in [5, 5.41) is 2.19. The largest absolute Gasteiger partial charge is 0.398 e. The van der Waals surface area contributed by atoms with Gasteiger partial charge in [0.15, 0.2) is 0 Å². The molecule has 0 radical (unpaired) electrons. The van der Waals surface area contributed by atoms with Gasteiger partial charge >= 0.3 is 0 Å². The number of aryl methyl sites for hydroxylation is 1. The van der Waals surface area contributed by atoms with Crippen LogP contribution in [0.5, 0.6) is 0 Å². The predicted molar refractivity (Wildman–Crippen MR) is 137 cm³/mol. The summed E-state index contributed by atoms with van der Waals surface area (Å²) < 4.78 is 2.35. The Kier molecular flexibility index (Phi) is 4.34. The number of hydrogen-bond acceptors (Lipinski definition) is 3. The molecular formula is C29H28N4. The first-order valence-corrected chi connectivity index (χ1v) is 11.6. The van der Waals surface area contributed by atoms with Crippen molar-refractivity contribution < 1.29 is 0 Å². The van der Waals surface area contributed by atoms with Crippen molar-refractivity contribution in [1.29, 1.82) is 0 Å². The van der Waals surface area contributed by atoms with Crippen LogP contribution in [0.25, 0.3) is 44.3 Å². The van der Waals surface area contributed by atoms with E-state index < -0.39 is 0 Å². The van der Waals surface area contributed by atoms with E-state index in [1.165, 1.54) is 11.1 Å². The van der Waals surface area contributed by atoms with Gasteiger partial charge in [0.1, 0.15) is 5.65 Å². The highest BCUT2D eigenvalue weighted by atomic mass is 15.1. The minimum atomic E-state index is 0.387. The Bertz CT molecular complexity index is 1500. The van der Waals surface area contributed by atoms with Crippen LogP contribution in [0, 0.1) is 12.3 Å². The second-order valence-corrected chi connectivity index (χ2v) is 10.1. The van der Waals surface area contributed by atoms with Crippen LogP contribution in [0.2, 0.25) is 0 Å². The zero-order valence-corrected chi connectivity index (χ0v) is 19.3. The molecule has 0 unspecified atom stereocenters. The second-order valence-electron chi connectivity index (χ2n) is 10.1. The smallest absolute Gasteiger partial charge is 0.142 e. The Morgan fingerprint density at radius 1 is 0.939 bits per heavy atom. The average Bonchev–Trinajstić information content (AvgIpc) is 3.18. The van der Waals surface area contributed by atoms with Crippen molar-refractivity contribution in [2.45, 2.75) is 39.7 Å². The minimum Gasteiger partial charge on any atom is -0.398 e. The van der Waals surface area contributed by atoms with Crippen molar-refractivity contribution in [3.8, 4) is 22.4 Å². The van der Waals surface area contributed by atoms with E-state index in [0.29, 0.717) is 11.5 Å². The number of nitrogens with zero attached hydrogens (tertiary/aromatic N) is 3. The van der Waals surface area contributed by atoms with Gasteiger partial charge in [0.2, 0.25) is 0 Å². The lowest BCUT2D eigenvalue weighted by Crippen LogP contribution is -2.33. The van der Waals surface area contributed by atoms with Crippen molar-refractivity contribution in [3.05, 3.63) is 78.6 Å². The highest BCUT2D eigenvalue weighted by molar-refractivity contribution is 6.04. The van der Waals surface area contributed by atoms with Crippen molar-refractivity contribution in [2.75, 3.05) is 5.73 Å². The van der Waals surface area contributed by atoms with Crippen LogP contribution in [0.4, 0.5) is 5.69 Å². The highest BCUT2D eigenvalue weighted by Crippen LogP contribution is 2.50. The highest BCUT2D eigenvalue weighted by Gasteiger charge is 2.38. The molecule has 0 amide bonds. The second kappa shape index (κ2) is 7.17. The lowest BCUT2D eigenvalue weighted by molar-refractivity contribution is 0.107. The van der Waals surface area contributed by atoms with E-state index in [4.69, 9.17) is 15.7 Å². The number of benzene rings is 2. The summed E-state index contributed by atoms with van der Waals surface area (Å²) in [4.78, 5) is 9.82. The fourth-order valence-electron chi connectivity index (χ4n) is 5.49. The normalized spacial score (nSPS) is 15.7. The lowest BCUT2D eigenvalue weighted by Gasteiger charge is -2.43. The van der Waals surface area contributed by atoms with E-state index in [1.54, 1.807) is 0 Å². The van der Waals surface area contributed by atoms with Crippen molar-refractivity contribution >= 4 is 27.6 Å². The molecule has 0 aliphatic heterocycles. The molecule has 0 spiro atoms. The molecule has 0 saturated heterocycles. The maximum Gasteiger partial charge on any atom is 0.142 e. The number of pyridine rings is 2. The van der Waals surface area contributed by atoms with Crippen LogP contribution in [0.3, 0.4) is 0 Å². The van der Waals surface area contributed by atoms with Crippen LogP contribution < -0.4 is 5.73 Å². The summed E-state index contributed by atoms with van der Waals surface area (Å²) in [6.07, 6.45) is 6.41. The number of nitrogens with two attached hydrogens (primary N) is 1. The van der Waals surface area contributed by atoms with Crippen LogP contribution in [0.1, 0.15) is 38.3 Å². The third kappa shape index (κ3) is 3.20. The van der Waals surface area contributed by atoms with Crippen molar-refractivity contribution in [1.82, 2.24) is 14.5 Å². The molecule has 3 aromatic heterocycles. The first-order valence-electron chi connectivity index (χ1n) is 11.6. The number of anilines is 1. The molecule has 2 aromatic carbocycles. The third-order valence-electron chi connectivity index (χ3n) is 7.19. The Hall–Kier alpha value is -3.66. The molecule has 6 rings (SSSR count). The van der Waals surface area contributed by atoms with E-state index >= 15 is 0 Å². The van der Waals surface area contributed by atoms with E-state index in [2.05, 4.69) is 80.1 Å². The standard InChI is InChI=1S/C29H28N4/c1-18-22(11-9-20-10-12-25(32-27(18)20)19-7-5-4-6-8-19)23-17-33(21-15-29(2,3)16-21)28-26(23)24(30)13-14-31-28/h4-14,17,21H,15-16H2,1-3H3,(H2,30,31). The maximum atomic E-state index is 6.51. The van der Waals surface area contributed by atoms with Crippen LogP contribution in [-0.4, -0.2) is 14.5 Å². The van der Waals surface area contributed by atoms with E-state index in [1.807, 2.05) is 18.3 Å². The van der Waals surface area contributed by atoms with Crippen LogP contribution >= 0.6 is 0 Å². The Morgan fingerprint density at radius 3 is 2.45 bits per heavy atom. The Labute approximate surface area is 194 Å². The van der Waals surface area contributed by atoms with Crippen LogP contribution in [-0.2, 0) is 0 Å². The summed E-state index contributed by atoms with van der Waals surface area (Å²) in [6.45, 7) is 6.84. The zero-order chi connectivity index (χ0) is 22.7. The van der Waals surface area contributed by atoms with Crippen molar-refractivity contribution in [3.63, 3.8) is 0 Å². The van der Waals surface area contributed by atoms with Gasteiger partial charge in [-0.2, -0.15) is 0 Å². The first-order chi connectivity index (χ1) is 15.9. The van der Waals surface area contributed by atoms with Gasteiger partial charge in [0, 0.05) is 46.0 Å². The topological polar surface area (TPSA) is 56.7 Å². The molecule has 4 nitrogen and oxygen atoms in total. The first kappa shape index (κ1) is 20.0. The molecular weight excluding hydrogens is 404 g/mol. The van der Waals surface area contributed by atoms with Gasteiger partial charge in [-0.15, -0.1) is 0 Å². The molecule has 1 aliphatic rings. The summed E-state index contributed by atoms with van der Waals surface area (Å²) in [5.41, 5.74) is 15.3. The molecule has 5 aromatic rings. The SMILES string of the molecule is Cc1c(-c2cn(C3CC(C)(C)C3)c3nccc(N)c23)ccc2ccc(-c3ccccc3)nc12. The van der Waals surface area contributed by atoms with E-state index in [-0.39, 0.29) is 0 Å². The van der Waals surface area contributed by atoms with Gasteiger partial charge < -0.3 is 10.3 Å². The molecule has 0 bridgehead atoms. The summed E-state index contributed by atoms with van der Waals surface area (Å²) >= 11 is 0. The fraction of sp³-hybridized carbons (Fsp3) is 0.241. The molecule has 4 heteroatoms. The number of hydrogen-bond donors (Lipinski definition) is 1. The number of nitrogen functional groups attached to an aromatic ring is 1. The molecule has 2 N–H and O–H groups in total. The molecule has 1 fully saturated rings.